The molecule has 2 rings (SSSR count). The summed E-state index contributed by atoms with van der Waals surface area (Å²) in [4.78, 5) is 0. The molecule has 1 saturated carbocycles. The van der Waals surface area contributed by atoms with Crippen molar-refractivity contribution in [1.29, 1.82) is 0 Å². The highest BCUT2D eigenvalue weighted by molar-refractivity contribution is 14.1. The van der Waals surface area contributed by atoms with Crippen molar-refractivity contribution in [2.45, 2.75) is 26.2 Å². The predicted molar refractivity (Wildman–Crippen MR) is 66.7 cm³/mol. The summed E-state index contributed by atoms with van der Waals surface area (Å²) in [6, 6.07) is 6.38. The van der Waals surface area contributed by atoms with Gasteiger partial charge in [-0.15, -0.1) is 0 Å². The third-order valence-electron chi connectivity index (χ3n) is 2.73. The molecule has 1 fully saturated rings. The monoisotopic (exact) mass is 302 g/mol. The molecular formula is C12H15IO. The van der Waals surface area contributed by atoms with Crippen LogP contribution in [0.4, 0.5) is 0 Å². The molecule has 0 spiro atoms. The molecule has 0 atom stereocenters. The molecule has 0 aromatic heterocycles. The summed E-state index contributed by atoms with van der Waals surface area (Å²) in [5, 5.41) is 0. The molecule has 0 radical (unpaired) electrons. The predicted octanol–water partition coefficient (Wildman–Crippen LogP) is 3.78. The van der Waals surface area contributed by atoms with Gasteiger partial charge in [-0.25, -0.2) is 0 Å². The van der Waals surface area contributed by atoms with E-state index in [1.807, 2.05) is 0 Å². The summed E-state index contributed by atoms with van der Waals surface area (Å²) in [7, 11) is 0. The van der Waals surface area contributed by atoms with E-state index in [4.69, 9.17) is 4.74 Å². The summed E-state index contributed by atoms with van der Waals surface area (Å²) in [6.07, 6.45) is 4.09. The first-order valence-corrected chi connectivity index (χ1v) is 6.22. The second-order valence-electron chi connectivity index (χ2n) is 4.07. The molecule has 2 heteroatoms. The third-order valence-corrected chi connectivity index (χ3v) is 3.35. The van der Waals surface area contributed by atoms with E-state index in [9.17, 15) is 0 Å². The second kappa shape index (κ2) is 4.51. The molecule has 1 aromatic carbocycles. The molecular weight excluding hydrogens is 287 g/mol. The van der Waals surface area contributed by atoms with Gasteiger partial charge < -0.3 is 4.74 Å². The summed E-state index contributed by atoms with van der Waals surface area (Å²) in [5.74, 6) is 1.84. The Morgan fingerprint density at radius 2 is 2.14 bits per heavy atom. The summed E-state index contributed by atoms with van der Waals surface area (Å²) < 4.78 is 7.02. The number of hydrogen-bond acceptors (Lipinski definition) is 1. The van der Waals surface area contributed by atoms with Gasteiger partial charge in [0.2, 0.25) is 0 Å². The third kappa shape index (κ3) is 2.62. The van der Waals surface area contributed by atoms with Crippen molar-refractivity contribution in [3.63, 3.8) is 0 Å². The van der Waals surface area contributed by atoms with Gasteiger partial charge in [0.25, 0.3) is 0 Å². The Labute approximate surface area is 99.0 Å². The minimum Gasteiger partial charge on any atom is -0.493 e. The fourth-order valence-corrected chi connectivity index (χ4v) is 2.46. The molecule has 0 amide bonds. The fourth-order valence-electron chi connectivity index (χ4n) is 1.66. The maximum Gasteiger partial charge on any atom is 0.120 e. The van der Waals surface area contributed by atoms with Gasteiger partial charge in [-0.05, 0) is 72.0 Å². The summed E-state index contributed by atoms with van der Waals surface area (Å²) in [5.41, 5.74) is 1.28. The van der Waals surface area contributed by atoms with Crippen LogP contribution in [0, 0.1) is 16.4 Å². The quantitative estimate of drug-likeness (QED) is 0.772. The van der Waals surface area contributed by atoms with Gasteiger partial charge in [0, 0.05) is 3.57 Å². The largest absolute Gasteiger partial charge is 0.493 e. The van der Waals surface area contributed by atoms with Crippen LogP contribution in [0.3, 0.4) is 0 Å². The van der Waals surface area contributed by atoms with Gasteiger partial charge in [0.05, 0.1) is 6.61 Å². The van der Waals surface area contributed by atoms with E-state index in [-0.39, 0.29) is 0 Å². The van der Waals surface area contributed by atoms with Crippen LogP contribution in [0.2, 0.25) is 0 Å². The van der Waals surface area contributed by atoms with E-state index in [0.717, 1.165) is 18.3 Å². The van der Waals surface area contributed by atoms with Crippen LogP contribution in [0.25, 0.3) is 0 Å². The first-order chi connectivity index (χ1) is 6.74. The highest BCUT2D eigenvalue weighted by Crippen LogP contribution is 2.27. The zero-order valence-electron chi connectivity index (χ0n) is 8.42. The molecule has 76 valence electrons. The number of rotatable bonds is 3. The van der Waals surface area contributed by atoms with Gasteiger partial charge >= 0.3 is 0 Å². The summed E-state index contributed by atoms with van der Waals surface area (Å²) in [6.45, 7) is 3.01. The Balaban J connectivity index is 1.94. The van der Waals surface area contributed by atoms with Crippen molar-refractivity contribution in [1.82, 2.24) is 0 Å². The first kappa shape index (κ1) is 10.3. The highest BCUT2D eigenvalue weighted by atomic mass is 127. The standard InChI is InChI=1S/C12H15IO/c1-9-5-11(13)7-12(6-9)14-8-10-3-2-4-10/h5-7,10H,2-4,8H2,1H3. The SMILES string of the molecule is Cc1cc(I)cc(OCC2CCC2)c1. The Kier molecular flexibility index (Phi) is 3.31. The fraction of sp³-hybridized carbons (Fsp3) is 0.500. The molecule has 0 saturated heterocycles. The molecule has 14 heavy (non-hydrogen) atoms. The normalized spacial score (nSPS) is 16.4. The Hall–Kier alpha value is -0.250. The van der Waals surface area contributed by atoms with Gasteiger partial charge in [-0.2, -0.15) is 0 Å². The molecule has 0 unspecified atom stereocenters. The van der Waals surface area contributed by atoms with E-state index in [2.05, 4.69) is 47.7 Å². The highest BCUT2D eigenvalue weighted by Gasteiger charge is 2.17. The lowest BCUT2D eigenvalue weighted by Gasteiger charge is -2.25. The average molecular weight is 302 g/mol. The van der Waals surface area contributed by atoms with Crippen LogP contribution < -0.4 is 4.74 Å². The Morgan fingerprint density at radius 1 is 1.36 bits per heavy atom. The number of hydrogen-bond donors (Lipinski definition) is 0. The lowest BCUT2D eigenvalue weighted by molar-refractivity contribution is 0.180. The number of benzene rings is 1. The average Bonchev–Trinajstić information content (AvgIpc) is 1.99. The Bertz CT molecular complexity index is 298. The maximum absolute atomic E-state index is 5.77. The molecule has 1 aliphatic rings. The number of halogens is 1. The zero-order valence-corrected chi connectivity index (χ0v) is 10.6. The molecule has 1 aromatic rings. The lowest BCUT2D eigenvalue weighted by Crippen LogP contribution is -2.19. The van der Waals surface area contributed by atoms with Gasteiger partial charge in [0.1, 0.15) is 5.75 Å². The van der Waals surface area contributed by atoms with Gasteiger partial charge in [-0.1, -0.05) is 6.42 Å². The van der Waals surface area contributed by atoms with Crippen molar-refractivity contribution in [2.75, 3.05) is 6.61 Å². The van der Waals surface area contributed by atoms with Crippen LogP contribution in [0.5, 0.6) is 5.75 Å². The Morgan fingerprint density at radius 3 is 2.71 bits per heavy atom. The topological polar surface area (TPSA) is 9.23 Å². The molecule has 0 N–H and O–H groups in total. The maximum atomic E-state index is 5.77. The molecule has 0 aliphatic heterocycles. The van der Waals surface area contributed by atoms with Crippen molar-refractivity contribution in [3.05, 3.63) is 27.3 Å². The van der Waals surface area contributed by atoms with Crippen LogP contribution in [0.15, 0.2) is 18.2 Å². The van der Waals surface area contributed by atoms with Crippen LogP contribution >= 0.6 is 22.6 Å². The zero-order chi connectivity index (χ0) is 9.97. The van der Waals surface area contributed by atoms with E-state index in [1.165, 1.54) is 28.4 Å². The minimum absolute atomic E-state index is 0.813. The van der Waals surface area contributed by atoms with E-state index >= 15 is 0 Å². The van der Waals surface area contributed by atoms with E-state index in [1.54, 1.807) is 0 Å². The molecule has 0 bridgehead atoms. The second-order valence-corrected chi connectivity index (χ2v) is 5.32. The van der Waals surface area contributed by atoms with Gasteiger partial charge in [0.15, 0.2) is 0 Å². The smallest absolute Gasteiger partial charge is 0.120 e. The van der Waals surface area contributed by atoms with E-state index in [0.29, 0.717) is 0 Å². The minimum atomic E-state index is 0.813. The van der Waals surface area contributed by atoms with Crippen molar-refractivity contribution in [3.8, 4) is 5.75 Å². The van der Waals surface area contributed by atoms with Crippen molar-refractivity contribution < 1.29 is 4.74 Å². The summed E-state index contributed by atoms with van der Waals surface area (Å²) >= 11 is 2.33. The van der Waals surface area contributed by atoms with Crippen LogP contribution in [0.1, 0.15) is 24.8 Å². The molecule has 1 aliphatic carbocycles. The molecule has 1 nitrogen and oxygen atoms in total. The van der Waals surface area contributed by atoms with Crippen LogP contribution in [-0.4, -0.2) is 6.61 Å². The van der Waals surface area contributed by atoms with Gasteiger partial charge in [-0.3, -0.25) is 0 Å². The lowest BCUT2D eigenvalue weighted by atomic mass is 9.86. The first-order valence-electron chi connectivity index (χ1n) is 5.14. The van der Waals surface area contributed by atoms with Crippen LogP contribution in [-0.2, 0) is 0 Å². The van der Waals surface area contributed by atoms with Crippen molar-refractivity contribution >= 4 is 22.6 Å². The number of aryl methyl sites for hydroxylation is 1. The van der Waals surface area contributed by atoms with Crippen molar-refractivity contribution in [2.24, 2.45) is 5.92 Å². The molecule has 0 heterocycles. The van der Waals surface area contributed by atoms with E-state index < -0.39 is 0 Å². The number of ether oxygens (including phenoxy) is 1.